The van der Waals surface area contributed by atoms with Gasteiger partial charge in [-0.3, -0.25) is 4.79 Å². The second-order valence-electron chi connectivity index (χ2n) is 3.63. The van der Waals surface area contributed by atoms with E-state index in [2.05, 4.69) is 26.1 Å². The number of carbonyl (C=O) groups excluding carboxylic acids is 1. The average molecular weight is 202 g/mol. The van der Waals surface area contributed by atoms with Crippen molar-refractivity contribution in [2.75, 3.05) is 7.05 Å². The number of nitrogens with two attached hydrogens (primary N) is 1. The van der Waals surface area contributed by atoms with Gasteiger partial charge in [0.05, 0.1) is 11.4 Å². The molecule has 0 bridgehead atoms. The third-order valence-electron chi connectivity index (χ3n) is 2.29. The lowest BCUT2D eigenvalue weighted by Crippen LogP contribution is -2.39. The van der Waals surface area contributed by atoms with Crippen LogP contribution in [0.4, 0.5) is 0 Å². The Hall–Kier alpha value is -0.640. The average Bonchev–Trinajstić information content (AvgIpc) is 2.00. The minimum absolute atomic E-state index is 0.00583. The molecule has 13 heavy (non-hydrogen) atoms. The Labute approximate surface area is 85.3 Å². The smallest absolute Gasteiger partial charge is 0.229 e. The number of thiocarbonyl (C=S) groups is 1. The quantitative estimate of drug-likeness (QED) is 0.696. The molecule has 0 aromatic heterocycles. The summed E-state index contributed by atoms with van der Waals surface area (Å²) in [5.41, 5.74) is 5.29. The van der Waals surface area contributed by atoms with Crippen LogP contribution in [-0.4, -0.2) is 28.9 Å². The zero-order valence-electron chi connectivity index (χ0n) is 8.70. The largest absolute Gasteiger partial charge is 0.393 e. The van der Waals surface area contributed by atoms with Crippen LogP contribution in [0.5, 0.6) is 0 Å². The molecule has 0 aromatic rings. The van der Waals surface area contributed by atoms with Crippen LogP contribution in [0.2, 0.25) is 0 Å². The molecule has 0 saturated carbocycles. The van der Waals surface area contributed by atoms with Crippen molar-refractivity contribution in [3.8, 4) is 0 Å². The summed E-state index contributed by atoms with van der Waals surface area (Å²) in [7, 11) is 1.78. The Morgan fingerprint density at radius 1 is 1.46 bits per heavy atom. The number of nitrogens with zero attached hydrogens (tertiary/aromatic N) is 1. The van der Waals surface area contributed by atoms with E-state index in [1.165, 1.54) is 0 Å². The number of rotatable bonds is 4. The minimum atomic E-state index is -0.00583. The molecular formula is C9H18N2OS. The molecule has 1 atom stereocenters. The molecule has 0 aromatic carbocycles. The standard InChI is InChI=1S/C9H18N2OS/c1-6(2)7(3)11(4)9(12)5-8(10)13/h6-7H,5H2,1-4H3,(H2,10,13). The Balaban J connectivity index is 4.17. The van der Waals surface area contributed by atoms with Crippen molar-refractivity contribution in [3.63, 3.8) is 0 Å². The molecule has 0 heterocycles. The first kappa shape index (κ1) is 12.4. The topological polar surface area (TPSA) is 46.3 Å². The van der Waals surface area contributed by atoms with Crippen molar-refractivity contribution in [2.45, 2.75) is 33.2 Å². The molecule has 0 rings (SSSR count). The van der Waals surface area contributed by atoms with E-state index < -0.39 is 0 Å². The molecule has 0 spiro atoms. The first-order valence-electron chi connectivity index (χ1n) is 4.40. The van der Waals surface area contributed by atoms with E-state index in [0.717, 1.165) is 0 Å². The fraction of sp³-hybridized carbons (Fsp3) is 0.778. The molecule has 0 aliphatic rings. The van der Waals surface area contributed by atoms with Gasteiger partial charge in [0.15, 0.2) is 0 Å². The number of hydrogen-bond acceptors (Lipinski definition) is 2. The SMILES string of the molecule is CC(C)C(C)N(C)C(=O)CC(N)=S. The summed E-state index contributed by atoms with van der Waals surface area (Å²) in [5.74, 6) is 0.439. The molecule has 4 heteroatoms. The van der Waals surface area contributed by atoms with Gasteiger partial charge in [-0.2, -0.15) is 0 Å². The van der Waals surface area contributed by atoms with Gasteiger partial charge in [0.25, 0.3) is 0 Å². The van der Waals surface area contributed by atoms with Crippen molar-refractivity contribution in [1.82, 2.24) is 4.90 Å². The molecule has 76 valence electrons. The van der Waals surface area contributed by atoms with Crippen molar-refractivity contribution in [2.24, 2.45) is 11.7 Å². The van der Waals surface area contributed by atoms with Crippen LogP contribution in [0, 0.1) is 5.92 Å². The van der Waals surface area contributed by atoms with Gasteiger partial charge in [-0.15, -0.1) is 0 Å². The zero-order chi connectivity index (χ0) is 10.6. The van der Waals surface area contributed by atoms with Gasteiger partial charge in [0.2, 0.25) is 5.91 Å². The maximum absolute atomic E-state index is 11.5. The van der Waals surface area contributed by atoms with Crippen LogP contribution in [-0.2, 0) is 4.79 Å². The van der Waals surface area contributed by atoms with E-state index >= 15 is 0 Å². The van der Waals surface area contributed by atoms with Crippen LogP contribution < -0.4 is 5.73 Å². The van der Waals surface area contributed by atoms with Crippen molar-refractivity contribution >= 4 is 23.1 Å². The predicted octanol–water partition coefficient (Wildman–Crippen LogP) is 1.17. The molecule has 0 aliphatic heterocycles. The first-order valence-corrected chi connectivity index (χ1v) is 4.81. The highest BCUT2D eigenvalue weighted by Crippen LogP contribution is 2.08. The summed E-state index contributed by atoms with van der Waals surface area (Å²) in [6.45, 7) is 6.17. The molecule has 0 aliphatic carbocycles. The lowest BCUT2D eigenvalue weighted by molar-refractivity contribution is -0.131. The van der Waals surface area contributed by atoms with Crippen LogP contribution in [0.1, 0.15) is 27.2 Å². The van der Waals surface area contributed by atoms with Crippen molar-refractivity contribution in [1.29, 1.82) is 0 Å². The van der Waals surface area contributed by atoms with Gasteiger partial charge >= 0.3 is 0 Å². The molecule has 0 fully saturated rings. The van der Waals surface area contributed by atoms with E-state index in [1.807, 2.05) is 6.92 Å². The maximum Gasteiger partial charge on any atom is 0.229 e. The second kappa shape index (κ2) is 5.17. The van der Waals surface area contributed by atoms with E-state index in [1.54, 1.807) is 11.9 Å². The van der Waals surface area contributed by atoms with Gasteiger partial charge < -0.3 is 10.6 Å². The van der Waals surface area contributed by atoms with E-state index in [4.69, 9.17) is 5.73 Å². The molecular weight excluding hydrogens is 184 g/mol. The summed E-state index contributed by atoms with van der Waals surface area (Å²) in [6, 6.07) is 0.224. The van der Waals surface area contributed by atoms with Crippen molar-refractivity contribution in [3.05, 3.63) is 0 Å². The summed E-state index contributed by atoms with van der Waals surface area (Å²) in [5, 5.41) is 0. The first-order chi connectivity index (χ1) is 5.86. The highest BCUT2D eigenvalue weighted by Gasteiger charge is 2.18. The fourth-order valence-electron chi connectivity index (χ4n) is 0.948. The lowest BCUT2D eigenvalue weighted by atomic mass is 10.1. The molecule has 1 unspecified atom stereocenters. The van der Waals surface area contributed by atoms with E-state index in [-0.39, 0.29) is 23.4 Å². The highest BCUT2D eigenvalue weighted by atomic mass is 32.1. The van der Waals surface area contributed by atoms with Crippen LogP contribution in [0.25, 0.3) is 0 Å². The van der Waals surface area contributed by atoms with Crippen LogP contribution in [0.3, 0.4) is 0 Å². The van der Waals surface area contributed by atoms with Crippen LogP contribution in [0.15, 0.2) is 0 Å². The lowest BCUT2D eigenvalue weighted by Gasteiger charge is -2.27. The summed E-state index contributed by atoms with van der Waals surface area (Å²) < 4.78 is 0. The summed E-state index contributed by atoms with van der Waals surface area (Å²) in [4.78, 5) is 13.4. The third-order valence-corrected chi connectivity index (χ3v) is 2.44. The third kappa shape index (κ3) is 4.22. The number of hydrogen-bond donors (Lipinski definition) is 1. The Bertz CT molecular complexity index is 204. The van der Waals surface area contributed by atoms with Gasteiger partial charge in [-0.1, -0.05) is 26.1 Å². The second-order valence-corrected chi connectivity index (χ2v) is 4.16. The van der Waals surface area contributed by atoms with Gasteiger partial charge in [-0.05, 0) is 12.8 Å². The van der Waals surface area contributed by atoms with Gasteiger partial charge in [0.1, 0.15) is 0 Å². The number of amides is 1. The molecule has 0 radical (unpaired) electrons. The molecule has 3 nitrogen and oxygen atoms in total. The van der Waals surface area contributed by atoms with Crippen molar-refractivity contribution < 1.29 is 4.79 Å². The fourth-order valence-corrected chi connectivity index (χ4v) is 1.07. The predicted molar refractivity (Wildman–Crippen MR) is 58.5 cm³/mol. The number of carbonyl (C=O) groups is 1. The van der Waals surface area contributed by atoms with Gasteiger partial charge in [0, 0.05) is 13.1 Å². The Morgan fingerprint density at radius 2 is 1.92 bits per heavy atom. The maximum atomic E-state index is 11.5. The summed E-state index contributed by atoms with van der Waals surface area (Å²) in [6.07, 6.45) is 0.170. The zero-order valence-corrected chi connectivity index (χ0v) is 9.52. The highest BCUT2D eigenvalue weighted by molar-refractivity contribution is 7.80. The normalized spacial score (nSPS) is 12.7. The Kier molecular flexibility index (Phi) is 4.91. The van der Waals surface area contributed by atoms with Gasteiger partial charge in [-0.25, -0.2) is 0 Å². The minimum Gasteiger partial charge on any atom is -0.393 e. The monoisotopic (exact) mass is 202 g/mol. The van der Waals surface area contributed by atoms with E-state index in [0.29, 0.717) is 5.92 Å². The van der Waals surface area contributed by atoms with Crippen LogP contribution >= 0.6 is 12.2 Å². The Morgan fingerprint density at radius 3 is 2.23 bits per heavy atom. The summed E-state index contributed by atoms with van der Waals surface area (Å²) >= 11 is 4.67. The molecule has 1 amide bonds. The molecule has 2 N–H and O–H groups in total. The molecule has 0 saturated heterocycles. The van der Waals surface area contributed by atoms with E-state index in [9.17, 15) is 4.79 Å².